The van der Waals surface area contributed by atoms with Gasteiger partial charge in [-0.05, 0) is 31.4 Å². The van der Waals surface area contributed by atoms with E-state index in [9.17, 15) is 0 Å². The molecule has 1 saturated heterocycles. The molecule has 0 unspecified atom stereocenters. The summed E-state index contributed by atoms with van der Waals surface area (Å²) in [5.74, 6) is 0.560. The van der Waals surface area contributed by atoms with Gasteiger partial charge in [0, 0.05) is 30.7 Å². The van der Waals surface area contributed by atoms with Crippen LogP contribution in [0.1, 0.15) is 45.7 Å². The lowest BCUT2D eigenvalue weighted by atomic mass is 10.0. The average Bonchev–Trinajstić information content (AvgIpc) is 2.44. The van der Waals surface area contributed by atoms with Crippen LogP contribution in [-0.2, 0) is 4.74 Å². The Hall–Kier alpha value is -1.09. The molecule has 2 atom stereocenters. The van der Waals surface area contributed by atoms with E-state index >= 15 is 0 Å². The number of morpholine rings is 1. The molecule has 3 nitrogen and oxygen atoms in total. The highest BCUT2D eigenvalue weighted by Crippen LogP contribution is 2.25. The molecule has 0 bridgehead atoms. The number of aromatic nitrogens is 1. The first-order chi connectivity index (χ1) is 9.60. The molecule has 112 valence electrons. The summed E-state index contributed by atoms with van der Waals surface area (Å²) in [6.45, 7) is 10.8. The maximum absolute atomic E-state index is 6.27. The lowest BCUT2D eigenvalue weighted by Crippen LogP contribution is -2.49. The highest BCUT2D eigenvalue weighted by atomic mass is 16.5. The van der Waals surface area contributed by atoms with Gasteiger partial charge in [-0.25, -0.2) is 0 Å². The van der Waals surface area contributed by atoms with Crippen LogP contribution in [0.25, 0.3) is 0 Å². The molecule has 1 aromatic rings. The number of hydrogen-bond acceptors (Lipinski definition) is 3. The summed E-state index contributed by atoms with van der Waals surface area (Å²) in [4.78, 5) is 6.77. The van der Waals surface area contributed by atoms with Gasteiger partial charge in [-0.3, -0.25) is 4.98 Å². The number of nitrogens with zero attached hydrogens (tertiary/aromatic N) is 2. The van der Waals surface area contributed by atoms with Gasteiger partial charge in [0.05, 0.1) is 12.2 Å². The molecule has 0 amide bonds. The summed E-state index contributed by atoms with van der Waals surface area (Å²) < 4.78 is 6.27. The van der Waals surface area contributed by atoms with Crippen molar-refractivity contribution in [3.63, 3.8) is 0 Å². The van der Waals surface area contributed by atoms with Crippen LogP contribution in [0, 0.1) is 12.8 Å². The molecule has 0 aliphatic carbocycles. The Balaban J connectivity index is 2.10. The van der Waals surface area contributed by atoms with E-state index < -0.39 is 0 Å². The van der Waals surface area contributed by atoms with E-state index in [1.54, 1.807) is 0 Å². The molecule has 0 saturated carbocycles. The largest absolute Gasteiger partial charge is 0.371 e. The topological polar surface area (TPSA) is 25.4 Å². The lowest BCUT2D eigenvalue weighted by Gasteiger charge is -2.41. The van der Waals surface area contributed by atoms with Gasteiger partial charge < -0.3 is 9.64 Å². The number of aryl methyl sites for hydroxylation is 1. The maximum Gasteiger partial charge on any atom is 0.0777 e. The van der Waals surface area contributed by atoms with Crippen molar-refractivity contribution in [3.05, 3.63) is 24.0 Å². The van der Waals surface area contributed by atoms with Gasteiger partial charge in [0.15, 0.2) is 0 Å². The second kappa shape index (κ2) is 7.07. The van der Waals surface area contributed by atoms with E-state index in [2.05, 4.69) is 49.7 Å². The number of unbranched alkanes of at least 4 members (excludes halogenated alkanes) is 1. The van der Waals surface area contributed by atoms with Gasteiger partial charge in [0.2, 0.25) is 0 Å². The molecule has 2 rings (SSSR count). The molecule has 0 aromatic carbocycles. The van der Waals surface area contributed by atoms with Crippen LogP contribution in [0.15, 0.2) is 18.3 Å². The Morgan fingerprint density at radius 1 is 1.40 bits per heavy atom. The van der Waals surface area contributed by atoms with Gasteiger partial charge in [-0.15, -0.1) is 0 Å². The van der Waals surface area contributed by atoms with Crippen LogP contribution < -0.4 is 4.90 Å². The van der Waals surface area contributed by atoms with E-state index in [0.29, 0.717) is 18.1 Å². The van der Waals surface area contributed by atoms with Crippen molar-refractivity contribution in [2.24, 2.45) is 5.92 Å². The number of anilines is 1. The Kier molecular flexibility index (Phi) is 5.41. The molecule has 1 aliphatic heterocycles. The summed E-state index contributed by atoms with van der Waals surface area (Å²) >= 11 is 0. The van der Waals surface area contributed by atoms with Crippen LogP contribution in [0.3, 0.4) is 0 Å². The molecule has 1 aliphatic rings. The SMILES string of the molecule is CCCC[C@@H]1CN(c2ccnc(C)c2)C[C@H](C(C)C)O1. The second-order valence-electron chi connectivity index (χ2n) is 6.24. The Bertz CT molecular complexity index is 419. The summed E-state index contributed by atoms with van der Waals surface area (Å²) in [6, 6.07) is 4.30. The second-order valence-corrected chi connectivity index (χ2v) is 6.24. The van der Waals surface area contributed by atoms with Crippen LogP contribution in [0.5, 0.6) is 0 Å². The normalized spacial score (nSPS) is 23.4. The lowest BCUT2D eigenvalue weighted by molar-refractivity contribution is -0.0519. The van der Waals surface area contributed by atoms with Crippen molar-refractivity contribution in [1.29, 1.82) is 0 Å². The third kappa shape index (κ3) is 3.95. The van der Waals surface area contributed by atoms with Crippen molar-refractivity contribution in [2.45, 2.75) is 59.2 Å². The van der Waals surface area contributed by atoms with Crippen molar-refractivity contribution >= 4 is 5.69 Å². The highest BCUT2D eigenvalue weighted by molar-refractivity contribution is 5.47. The van der Waals surface area contributed by atoms with E-state index in [4.69, 9.17) is 4.74 Å². The molecule has 20 heavy (non-hydrogen) atoms. The van der Waals surface area contributed by atoms with Crippen molar-refractivity contribution < 1.29 is 4.74 Å². The van der Waals surface area contributed by atoms with Crippen molar-refractivity contribution in [2.75, 3.05) is 18.0 Å². The zero-order valence-corrected chi connectivity index (χ0v) is 13.3. The van der Waals surface area contributed by atoms with Crippen LogP contribution in [0.2, 0.25) is 0 Å². The molecule has 0 N–H and O–H groups in total. The standard InChI is InChI=1S/C17H28N2O/c1-5-6-7-16-11-19(12-17(20-16)13(2)3)15-8-9-18-14(4)10-15/h8-10,13,16-17H,5-7,11-12H2,1-4H3/t16-,17-/m1/s1. The maximum atomic E-state index is 6.27. The fourth-order valence-corrected chi connectivity index (χ4v) is 2.77. The average molecular weight is 276 g/mol. The fraction of sp³-hybridized carbons (Fsp3) is 0.706. The Morgan fingerprint density at radius 3 is 2.85 bits per heavy atom. The third-order valence-electron chi connectivity index (χ3n) is 4.06. The van der Waals surface area contributed by atoms with Crippen molar-refractivity contribution in [3.8, 4) is 0 Å². The third-order valence-corrected chi connectivity index (χ3v) is 4.06. The molecule has 1 fully saturated rings. The minimum Gasteiger partial charge on any atom is -0.371 e. The van der Waals surface area contributed by atoms with E-state index in [0.717, 1.165) is 18.8 Å². The quantitative estimate of drug-likeness (QED) is 0.817. The summed E-state index contributed by atoms with van der Waals surface area (Å²) in [5, 5.41) is 0. The number of pyridine rings is 1. The zero-order chi connectivity index (χ0) is 14.5. The first kappa shape index (κ1) is 15.3. The summed E-state index contributed by atoms with van der Waals surface area (Å²) in [7, 11) is 0. The molecular weight excluding hydrogens is 248 g/mol. The van der Waals surface area contributed by atoms with E-state index in [1.807, 2.05) is 6.20 Å². The van der Waals surface area contributed by atoms with Crippen LogP contribution in [0.4, 0.5) is 5.69 Å². The minimum atomic E-state index is 0.332. The highest BCUT2D eigenvalue weighted by Gasteiger charge is 2.29. The van der Waals surface area contributed by atoms with Gasteiger partial charge >= 0.3 is 0 Å². The van der Waals surface area contributed by atoms with Gasteiger partial charge in [-0.1, -0.05) is 33.6 Å². The Labute approximate surface area is 123 Å². The number of ether oxygens (including phenoxy) is 1. The molecular formula is C17H28N2O. The van der Waals surface area contributed by atoms with E-state index in [-0.39, 0.29) is 0 Å². The predicted octanol–water partition coefficient (Wildman–Crippen LogP) is 3.81. The van der Waals surface area contributed by atoms with Crippen LogP contribution >= 0.6 is 0 Å². The summed E-state index contributed by atoms with van der Waals surface area (Å²) in [6.07, 6.45) is 6.26. The zero-order valence-electron chi connectivity index (χ0n) is 13.3. The smallest absolute Gasteiger partial charge is 0.0777 e. The van der Waals surface area contributed by atoms with Gasteiger partial charge in [0.1, 0.15) is 0 Å². The molecule has 2 heterocycles. The number of hydrogen-bond donors (Lipinski definition) is 0. The fourth-order valence-electron chi connectivity index (χ4n) is 2.77. The van der Waals surface area contributed by atoms with E-state index in [1.165, 1.54) is 24.9 Å². The first-order valence-corrected chi connectivity index (χ1v) is 7.93. The molecule has 0 spiro atoms. The minimum absolute atomic E-state index is 0.332. The van der Waals surface area contributed by atoms with Gasteiger partial charge in [-0.2, -0.15) is 0 Å². The monoisotopic (exact) mass is 276 g/mol. The van der Waals surface area contributed by atoms with Crippen molar-refractivity contribution in [1.82, 2.24) is 4.98 Å². The predicted molar refractivity (Wildman–Crippen MR) is 84.2 cm³/mol. The van der Waals surface area contributed by atoms with Crippen LogP contribution in [-0.4, -0.2) is 30.3 Å². The van der Waals surface area contributed by atoms with Gasteiger partial charge in [0.25, 0.3) is 0 Å². The summed E-state index contributed by atoms with van der Waals surface area (Å²) in [5.41, 5.74) is 2.37. The molecule has 0 radical (unpaired) electrons. The first-order valence-electron chi connectivity index (χ1n) is 7.93. The molecule has 1 aromatic heterocycles. The molecule has 3 heteroatoms. The Morgan fingerprint density at radius 2 is 2.20 bits per heavy atom. The number of rotatable bonds is 5.